The molecule has 1 aliphatic carbocycles. The molecule has 0 saturated heterocycles. The van der Waals surface area contributed by atoms with Crippen LogP contribution < -0.4 is 5.32 Å². The van der Waals surface area contributed by atoms with E-state index in [0.717, 1.165) is 12.8 Å². The minimum atomic E-state index is -1.01. The molecule has 0 heterocycles. The van der Waals surface area contributed by atoms with Gasteiger partial charge < -0.3 is 19.9 Å². The summed E-state index contributed by atoms with van der Waals surface area (Å²) in [6.07, 6.45) is 4.84. The predicted octanol–water partition coefficient (Wildman–Crippen LogP) is 0.942. The summed E-state index contributed by atoms with van der Waals surface area (Å²) in [4.78, 5) is 22.1. The summed E-state index contributed by atoms with van der Waals surface area (Å²) < 4.78 is 10.6. The second kappa shape index (κ2) is 8.87. The maximum absolute atomic E-state index is 11.9. The van der Waals surface area contributed by atoms with E-state index in [2.05, 4.69) is 5.32 Å². The Morgan fingerprint density at radius 2 is 2.05 bits per heavy atom. The molecule has 1 unspecified atom stereocenters. The fourth-order valence-corrected chi connectivity index (χ4v) is 2.12. The van der Waals surface area contributed by atoms with Gasteiger partial charge in [-0.25, -0.2) is 4.79 Å². The molecule has 1 rings (SSSR count). The van der Waals surface area contributed by atoms with Gasteiger partial charge in [0.2, 0.25) is 5.91 Å². The summed E-state index contributed by atoms with van der Waals surface area (Å²) in [7, 11) is 0. The van der Waals surface area contributed by atoms with E-state index < -0.39 is 12.1 Å². The number of rotatable bonds is 9. The topological polar surface area (TPSA) is 84.9 Å². The van der Waals surface area contributed by atoms with Crippen LogP contribution >= 0.6 is 0 Å². The Kier molecular flexibility index (Phi) is 7.43. The first-order valence-electron chi connectivity index (χ1n) is 6.86. The lowest BCUT2D eigenvalue weighted by molar-refractivity contribution is -0.142. The van der Waals surface area contributed by atoms with Crippen LogP contribution in [0, 0.1) is 0 Å². The van der Waals surface area contributed by atoms with Gasteiger partial charge >= 0.3 is 5.97 Å². The van der Waals surface area contributed by atoms with Crippen LogP contribution in [0.15, 0.2) is 0 Å². The Morgan fingerprint density at radius 3 is 2.63 bits per heavy atom. The third-order valence-electron chi connectivity index (χ3n) is 3.09. The van der Waals surface area contributed by atoms with Crippen LogP contribution in [-0.4, -0.2) is 48.9 Å². The fraction of sp³-hybridized carbons (Fsp3) is 0.846. The highest BCUT2D eigenvalue weighted by atomic mass is 16.5. The van der Waals surface area contributed by atoms with Gasteiger partial charge in [0.1, 0.15) is 12.7 Å². The number of carbonyl (C=O) groups excluding carboxylic acids is 1. The zero-order chi connectivity index (χ0) is 14.1. The van der Waals surface area contributed by atoms with Crippen molar-refractivity contribution in [2.24, 2.45) is 0 Å². The molecule has 1 fully saturated rings. The van der Waals surface area contributed by atoms with Gasteiger partial charge in [0.15, 0.2) is 0 Å². The van der Waals surface area contributed by atoms with Crippen molar-refractivity contribution in [3.8, 4) is 0 Å². The van der Waals surface area contributed by atoms with Crippen LogP contribution in [0.3, 0.4) is 0 Å². The van der Waals surface area contributed by atoms with Crippen LogP contribution in [0.5, 0.6) is 0 Å². The lowest BCUT2D eigenvalue weighted by Gasteiger charge is -2.20. The zero-order valence-electron chi connectivity index (χ0n) is 11.4. The molecule has 0 aromatic carbocycles. The summed E-state index contributed by atoms with van der Waals surface area (Å²) in [5, 5.41) is 11.1. The molecular formula is C13H23NO5. The maximum Gasteiger partial charge on any atom is 0.329 e. The van der Waals surface area contributed by atoms with E-state index in [-0.39, 0.29) is 25.2 Å². The van der Waals surface area contributed by atoms with Crippen LogP contribution in [0.2, 0.25) is 0 Å². The Hall–Kier alpha value is -1.14. The van der Waals surface area contributed by atoms with Gasteiger partial charge in [0.25, 0.3) is 0 Å². The van der Waals surface area contributed by atoms with Crippen molar-refractivity contribution in [3.63, 3.8) is 0 Å². The first-order valence-corrected chi connectivity index (χ1v) is 6.86. The average molecular weight is 273 g/mol. The highest BCUT2D eigenvalue weighted by molar-refractivity contribution is 5.80. The van der Waals surface area contributed by atoms with Gasteiger partial charge in [-0.15, -0.1) is 0 Å². The van der Waals surface area contributed by atoms with E-state index in [0.29, 0.717) is 13.0 Å². The van der Waals surface area contributed by atoms with Crippen molar-refractivity contribution in [2.75, 3.05) is 19.8 Å². The number of aliphatic carboxylic acids is 1. The Morgan fingerprint density at radius 1 is 1.37 bits per heavy atom. The monoisotopic (exact) mass is 273 g/mol. The number of carbonyl (C=O) groups is 2. The molecule has 1 amide bonds. The summed E-state index contributed by atoms with van der Waals surface area (Å²) in [6, 6.07) is 0. The second-order valence-corrected chi connectivity index (χ2v) is 4.68. The van der Waals surface area contributed by atoms with Crippen molar-refractivity contribution in [1.29, 1.82) is 0 Å². The highest BCUT2D eigenvalue weighted by Crippen LogP contribution is 2.22. The Labute approximate surface area is 113 Å². The van der Waals surface area contributed by atoms with Gasteiger partial charge in [0.05, 0.1) is 12.7 Å². The summed E-state index contributed by atoms with van der Waals surface area (Å²) in [6.45, 7) is 2.07. The molecule has 0 bridgehead atoms. The number of amides is 1. The second-order valence-electron chi connectivity index (χ2n) is 4.68. The molecule has 6 heteroatoms. The third kappa shape index (κ3) is 6.54. The third-order valence-corrected chi connectivity index (χ3v) is 3.09. The molecule has 0 aromatic rings. The fourth-order valence-electron chi connectivity index (χ4n) is 2.12. The van der Waals surface area contributed by atoms with Crippen molar-refractivity contribution in [1.82, 2.24) is 5.32 Å². The molecule has 0 spiro atoms. The van der Waals surface area contributed by atoms with Gasteiger partial charge in [-0.2, -0.15) is 0 Å². The van der Waals surface area contributed by atoms with Crippen LogP contribution in [0.25, 0.3) is 0 Å². The minimum Gasteiger partial charge on any atom is -0.480 e. The lowest BCUT2D eigenvalue weighted by atomic mass is 10.2. The lowest BCUT2D eigenvalue weighted by Crippen LogP contribution is -2.39. The largest absolute Gasteiger partial charge is 0.480 e. The number of nitrogens with one attached hydrogen (secondary N) is 1. The molecule has 1 aliphatic rings. The van der Waals surface area contributed by atoms with Crippen molar-refractivity contribution in [3.05, 3.63) is 0 Å². The standard InChI is InChI=1S/C13H23NO5/c1-2-11(19-10-5-3-4-6-10)13(17)14-7-8-18-9-12(15)16/h10-11H,2-9H2,1H3,(H,14,17)(H,15,16). The highest BCUT2D eigenvalue weighted by Gasteiger charge is 2.23. The Bertz CT molecular complexity index is 289. The molecule has 1 saturated carbocycles. The van der Waals surface area contributed by atoms with Crippen molar-refractivity contribution in [2.45, 2.75) is 51.2 Å². The van der Waals surface area contributed by atoms with E-state index in [1.54, 1.807) is 0 Å². The van der Waals surface area contributed by atoms with Crippen molar-refractivity contribution < 1.29 is 24.2 Å². The number of carboxylic acids is 1. The van der Waals surface area contributed by atoms with Gasteiger partial charge in [0, 0.05) is 6.54 Å². The molecule has 2 N–H and O–H groups in total. The maximum atomic E-state index is 11.9. The van der Waals surface area contributed by atoms with E-state index in [4.69, 9.17) is 14.6 Å². The van der Waals surface area contributed by atoms with Crippen LogP contribution in [0.4, 0.5) is 0 Å². The molecule has 0 aromatic heterocycles. The molecule has 0 radical (unpaired) electrons. The van der Waals surface area contributed by atoms with Crippen LogP contribution in [-0.2, 0) is 19.1 Å². The molecule has 0 aliphatic heterocycles. The van der Waals surface area contributed by atoms with Crippen LogP contribution in [0.1, 0.15) is 39.0 Å². The quantitative estimate of drug-likeness (QED) is 0.611. The van der Waals surface area contributed by atoms with E-state index in [9.17, 15) is 9.59 Å². The molecule has 1 atom stereocenters. The summed E-state index contributed by atoms with van der Waals surface area (Å²) in [5.41, 5.74) is 0. The van der Waals surface area contributed by atoms with E-state index >= 15 is 0 Å². The number of hydrogen-bond acceptors (Lipinski definition) is 4. The smallest absolute Gasteiger partial charge is 0.329 e. The number of carboxylic acid groups (broad SMARTS) is 1. The average Bonchev–Trinajstić information content (AvgIpc) is 2.87. The van der Waals surface area contributed by atoms with Gasteiger partial charge in [-0.1, -0.05) is 19.8 Å². The number of hydrogen-bond donors (Lipinski definition) is 2. The van der Waals surface area contributed by atoms with Crippen molar-refractivity contribution >= 4 is 11.9 Å². The molecule has 19 heavy (non-hydrogen) atoms. The predicted molar refractivity (Wildman–Crippen MR) is 68.9 cm³/mol. The zero-order valence-corrected chi connectivity index (χ0v) is 11.4. The van der Waals surface area contributed by atoms with E-state index in [1.807, 2.05) is 6.92 Å². The molecule has 6 nitrogen and oxygen atoms in total. The summed E-state index contributed by atoms with van der Waals surface area (Å²) >= 11 is 0. The molecular weight excluding hydrogens is 250 g/mol. The normalized spacial score (nSPS) is 17.3. The van der Waals surface area contributed by atoms with Gasteiger partial charge in [-0.05, 0) is 19.3 Å². The first kappa shape index (κ1) is 15.9. The van der Waals surface area contributed by atoms with Gasteiger partial charge in [-0.3, -0.25) is 4.79 Å². The summed E-state index contributed by atoms with van der Waals surface area (Å²) in [5.74, 6) is -1.16. The SMILES string of the molecule is CCC(OC1CCCC1)C(=O)NCCOCC(=O)O. The minimum absolute atomic E-state index is 0.145. The molecule has 110 valence electrons. The number of ether oxygens (including phenoxy) is 2. The Balaban J connectivity index is 2.15. The van der Waals surface area contributed by atoms with E-state index in [1.165, 1.54) is 12.8 Å². The first-order chi connectivity index (χ1) is 9.13.